The maximum atomic E-state index is 6.04. The van der Waals surface area contributed by atoms with E-state index < -0.39 is 0 Å². The Morgan fingerprint density at radius 3 is 2.06 bits per heavy atom. The van der Waals surface area contributed by atoms with Crippen LogP contribution in [0.3, 0.4) is 0 Å². The van der Waals surface area contributed by atoms with Gasteiger partial charge in [-0.05, 0) is 46.5 Å². The maximum Gasteiger partial charge on any atom is 0.494 e. The Bertz CT molecular complexity index is 362. The van der Waals surface area contributed by atoms with Crippen molar-refractivity contribution in [1.82, 2.24) is 0 Å². The van der Waals surface area contributed by atoms with Crippen LogP contribution in [-0.4, -0.2) is 18.3 Å². The molecule has 1 fully saturated rings. The summed E-state index contributed by atoms with van der Waals surface area (Å²) in [4.78, 5) is 0. The van der Waals surface area contributed by atoms with Gasteiger partial charge in [0.15, 0.2) is 0 Å². The molecule has 1 rings (SSSR count). The second-order valence-corrected chi connectivity index (χ2v) is 5.89. The van der Waals surface area contributed by atoms with Gasteiger partial charge in [-0.1, -0.05) is 37.3 Å². The van der Waals surface area contributed by atoms with Crippen LogP contribution < -0.4 is 0 Å². The molecule has 3 heteroatoms. The number of rotatable bonds is 4. The lowest BCUT2D eigenvalue weighted by Gasteiger charge is -2.32. The van der Waals surface area contributed by atoms with E-state index in [9.17, 15) is 0 Å². The molecule has 2 nitrogen and oxygen atoms in total. The van der Waals surface area contributed by atoms with Gasteiger partial charge in [-0.3, -0.25) is 0 Å². The van der Waals surface area contributed by atoms with Gasteiger partial charge in [0.25, 0.3) is 0 Å². The molecular formula is C15H25BO2. The molecule has 0 aliphatic carbocycles. The van der Waals surface area contributed by atoms with Gasteiger partial charge in [-0.2, -0.15) is 0 Å². The Labute approximate surface area is 112 Å². The smallest absolute Gasteiger partial charge is 0.399 e. The normalized spacial score (nSPS) is 22.8. The molecule has 0 spiro atoms. The monoisotopic (exact) mass is 248 g/mol. The van der Waals surface area contributed by atoms with Crippen molar-refractivity contribution in [2.24, 2.45) is 0 Å². The van der Waals surface area contributed by atoms with E-state index in [0.29, 0.717) is 0 Å². The summed E-state index contributed by atoms with van der Waals surface area (Å²) >= 11 is 0. The van der Waals surface area contributed by atoms with E-state index >= 15 is 0 Å². The summed E-state index contributed by atoms with van der Waals surface area (Å²) in [6, 6.07) is 0. The molecule has 1 aliphatic rings. The van der Waals surface area contributed by atoms with Gasteiger partial charge >= 0.3 is 7.12 Å². The van der Waals surface area contributed by atoms with Crippen LogP contribution in [0.2, 0.25) is 0 Å². The van der Waals surface area contributed by atoms with Crippen LogP contribution in [0.1, 0.15) is 48.0 Å². The summed E-state index contributed by atoms with van der Waals surface area (Å²) < 4.78 is 12.1. The van der Waals surface area contributed by atoms with Gasteiger partial charge in [0.05, 0.1) is 11.2 Å². The number of allylic oxidation sites excluding steroid dienone is 5. The van der Waals surface area contributed by atoms with E-state index in [-0.39, 0.29) is 18.3 Å². The lowest BCUT2D eigenvalue weighted by Crippen LogP contribution is -2.41. The van der Waals surface area contributed by atoms with Crippen molar-refractivity contribution in [2.45, 2.75) is 59.2 Å². The molecule has 0 saturated carbocycles. The Kier molecular flexibility index (Phi) is 4.63. The molecule has 0 bridgehead atoms. The van der Waals surface area contributed by atoms with Crippen LogP contribution >= 0.6 is 0 Å². The van der Waals surface area contributed by atoms with Crippen LogP contribution in [0.25, 0.3) is 0 Å². The van der Waals surface area contributed by atoms with Gasteiger partial charge in [0.2, 0.25) is 0 Å². The second-order valence-electron chi connectivity index (χ2n) is 5.89. The van der Waals surface area contributed by atoms with E-state index in [2.05, 4.69) is 53.3 Å². The molecule has 0 radical (unpaired) electrons. The summed E-state index contributed by atoms with van der Waals surface area (Å²) in [6.45, 7) is 16.3. The van der Waals surface area contributed by atoms with E-state index in [4.69, 9.17) is 9.31 Å². The van der Waals surface area contributed by atoms with Crippen LogP contribution in [-0.2, 0) is 9.31 Å². The molecule has 100 valence electrons. The summed E-state index contributed by atoms with van der Waals surface area (Å²) in [7, 11) is -0.311. The number of hydrogen-bond donors (Lipinski definition) is 0. The van der Waals surface area contributed by atoms with Crippen LogP contribution in [0.15, 0.2) is 35.9 Å². The largest absolute Gasteiger partial charge is 0.494 e. The summed E-state index contributed by atoms with van der Waals surface area (Å²) in [5, 5.41) is 0. The molecule has 1 saturated heterocycles. The first kappa shape index (κ1) is 15.3. The van der Waals surface area contributed by atoms with E-state index in [1.54, 1.807) is 0 Å². The fourth-order valence-electron chi connectivity index (χ4n) is 1.71. The lowest BCUT2D eigenvalue weighted by atomic mass is 9.77. The molecule has 0 aromatic rings. The van der Waals surface area contributed by atoms with E-state index in [1.807, 2.05) is 13.0 Å². The molecule has 1 aliphatic heterocycles. The van der Waals surface area contributed by atoms with Gasteiger partial charge in [-0.25, -0.2) is 0 Å². The van der Waals surface area contributed by atoms with E-state index in [0.717, 1.165) is 17.5 Å². The van der Waals surface area contributed by atoms with Crippen LogP contribution in [0.4, 0.5) is 0 Å². The quantitative estimate of drug-likeness (QED) is 0.551. The zero-order valence-electron chi connectivity index (χ0n) is 12.5. The fraction of sp³-hybridized carbons (Fsp3) is 0.600. The average molecular weight is 248 g/mol. The third kappa shape index (κ3) is 3.36. The highest BCUT2D eigenvalue weighted by molar-refractivity contribution is 6.55. The molecule has 0 unspecified atom stereocenters. The third-order valence-electron chi connectivity index (χ3n) is 3.48. The van der Waals surface area contributed by atoms with Gasteiger partial charge in [-0.15, -0.1) is 0 Å². The Balaban J connectivity index is 2.97. The zero-order valence-corrected chi connectivity index (χ0v) is 12.5. The molecule has 0 amide bonds. The Hall–Kier alpha value is -0.795. The van der Waals surface area contributed by atoms with Crippen molar-refractivity contribution in [3.63, 3.8) is 0 Å². The minimum atomic E-state index is -0.311. The highest BCUT2D eigenvalue weighted by Gasteiger charge is 2.51. The predicted octanol–water partition coefficient (Wildman–Crippen LogP) is 4.09. The zero-order chi connectivity index (χ0) is 14.0. The minimum absolute atomic E-state index is 0.300. The standard InChI is InChI=1S/C15H25BO2/c1-8-9-10-13(11-12(2)3)16-17-14(4,5)15(6,7)18-16/h9-11H,2,8H2,1,3-7H3/b10-9-,13-11+. The highest BCUT2D eigenvalue weighted by atomic mass is 16.7. The molecule has 0 aromatic carbocycles. The fourth-order valence-corrected chi connectivity index (χ4v) is 1.71. The summed E-state index contributed by atoms with van der Waals surface area (Å²) in [6.07, 6.45) is 7.19. The van der Waals surface area contributed by atoms with Crippen molar-refractivity contribution in [3.8, 4) is 0 Å². The van der Waals surface area contributed by atoms with Crippen molar-refractivity contribution >= 4 is 7.12 Å². The lowest BCUT2D eigenvalue weighted by molar-refractivity contribution is 0.00578. The van der Waals surface area contributed by atoms with Gasteiger partial charge in [0.1, 0.15) is 0 Å². The summed E-state index contributed by atoms with van der Waals surface area (Å²) in [5.41, 5.74) is 1.43. The maximum absolute atomic E-state index is 6.04. The first-order valence-electron chi connectivity index (χ1n) is 6.59. The SMILES string of the molecule is C=C(C)/C=C(\C=C/CC)B1OC(C)(C)C(C)(C)O1. The Morgan fingerprint density at radius 1 is 1.17 bits per heavy atom. The van der Waals surface area contributed by atoms with Crippen molar-refractivity contribution < 1.29 is 9.31 Å². The predicted molar refractivity (Wildman–Crippen MR) is 78.4 cm³/mol. The Morgan fingerprint density at radius 2 is 1.67 bits per heavy atom. The molecule has 1 heterocycles. The number of hydrogen-bond acceptors (Lipinski definition) is 2. The van der Waals surface area contributed by atoms with Crippen molar-refractivity contribution in [2.75, 3.05) is 0 Å². The first-order chi connectivity index (χ1) is 8.19. The van der Waals surface area contributed by atoms with Crippen LogP contribution in [0.5, 0.6) is 0 Å². The minimum Gasteiger partial charge on any atom is -0.399 e. The molecule has 0 N–H and O–H groups in total. The topological polar surface area (TPSA) is 18.5 Å². The average Bonchev–Trinajstić information content (AvgIpc) is 2.42. The van der Waals surface area contributed by atoms with E-state index in [1.165, 1.54) is 0 Å². The highest BCUT2D eigenvalue weighted by Crippen LogP contribution is 2.38. The van der Waals surface area contributed by atoms with Crippen molar-refractivity contribution in [1.29, 1.82) is 0 Å². The first-order valence-corrected chi connectivity index (χ1v) is 6.59. The van der Waals surface area contributed by atoms with Crippen molar-refractivity contribution in [3.05, 3.63) is 35.9 Å². The summed E-state index contributed by atoms with van der Waals surface area (Å²) in [5.74, 6) is 0. The van der Waals surface area contributed by atoms with Gasteiger partial charge in [0, 0.05) is 0 Å². The molecule has 18 heavy (non-hydrogen) atoms. The van der Waals surface area contributed by atoms with Gasteiger partial charge < -0.3 is 9.31 Å². The molecule has 0 aromatic heterocycles. The molecular weight excluding hydrogens is 223 g/mol. The third-order valence-corrected chi connectivity index (χ3v) is 3.48. The molecule has 0 atom stereocenters. The van der Waals surface area contributed by atoms with Crippen LogP contribution in [0, 0.1) is 0 Å². The second kappa shape index (κ2) is 5.46.